The van der Waals surface area contributed by atoms with Gasteiger partial charge in [-0.05, 0) is 0 Å². The van der Waals surface area contributed by atoms with Crippen LogP contribution in [0.25, 0.3) is 38.6 Å². The van der Waals surface area contributed by atoms with E-state index in [9.17, 15) is 0 Å². The second-order valence-electron chi connectivity index (χ2n) is 13.1. The topological polar surface area (TPSA) is 15.7 Å². The summed E-state index contributed by atoms with van der Waals surface area (Å²) in [5.41, 5.74) is 6.48. The molecule has 0 N–H and O–H groups in total. The summed E-state index contributed by atoms with van der Waals surface area (Å²) in [6.07, 6.45) is 0. The number of nitrogens with zero attached hydrogens (tertiary/aromatic N) is 2. The third-order valence-corrected chi connectivity index (χ3v) is 15.0. The predicted molar refractivity (Wildman–Crippen MR) is 234 cm³/mol. The molecule has 0 aliphatic heterocycles. The summed E-state index contributed by atoms with van der Waals surface area (Å²) in [7, 11) is 0. The molecule has 54 heavy (non-hydrogen) atoms. The average Bonchev–Trinajstić information content (AvgIpc) is 3.79. The summed E-state index contributed by atoms with van der Waals surface area (Å²) < 4.78 is 13.4. The van der Waals surface area contributed by atoms with Gasteiger partial charge in [0.2, 0.25) is 0 Å². The van der Waals surface area contributed by atoms with E-state index in [4.69, 9.17) is 4.74 Å². The number of para-hydroxylation sites is 2. The average molecular weight is 890 g/mol. The molecule has 0 saturated heterocycles. The molecule has 0 spiro atoms. The first kappa shape index (κ1) is 33.3. The normalized spacial score (nSPS) is 11.4. The van der Waals surface area contributed by atoms with Crippen LogP contribution in [0.4, 0.5) is 34.1 Å². The van der Waals surface area contributed by atoms with Crippen LogP contribution in [0.2, 0.25) is 0 Å². The Kier molecular flexibility index (Phi) is 8.72. The van der Waals surface area contributed by atoms with E-state index in [1.165, 1.54) is 38.6 Å². The molecule has 2 heterocycles. The maximum absolute atomic E-state index is 6.80. The number of ether oxygens (including phenoxy) is 1. The Morgan fingerprint density at radius 1 is 0.370 bits per heavy atom. The molecule has 3 nitrogen and oxygen atoms in total. The third kappa shape index (κ3) is 6.07. The summed E-state index contributed by atoms with van der Waals surface area (Å²) in [4.78, 5) is 4.82. The Morgan fingerprint density at radius 3 is 1.35 bits per heavy atom. The van der Waals surface area contributed by atoms with E-state index in [-0.39, 0.29) is 29.0 Å². The number of hydrogen-bond donors (Lipinski definition) is 0. The summed E-state index contributed by atoms with van der Waals surface area (Å²) in [6.45, 7) is 0. The van der Waals surface area contributed by atoms with Gasteiger partial charge >= 0.3 is 336 Å². The molecule has 0 bridgehead atoms. The molecule has 0 unspecified atom stereocenters. The van der Waals surface area contributed by atoms with Gasteiger partial charge < -0.3 is 0 Å². The molecule has 0 fully saturated rings. The molecule has 6 heteroatoms. The van der Waals surface area contributed by atoms with E-state index in [1.54, 1.807) is 0 Å². The molecule has 0 aliphatic rings. The molecule has 0 radical (unpaired) electrons. The van der Waals surface area contributed by atoms with Gasteiger partial charge in [-0.1, -0.05) is 0 Å². The Labute approximate surface area is 333 Å². The Morgan fingerprint density at radius 2 is 0.833 bits per heavy atom. The van der Waals surface area contributed by atoms with Crippen LogP contribution in [0.1, 0.15) is 0 Å². The van der Waals surface area contributed by atoms with Crippen LogP contribution in [0.3, 0.4) is 0 Å². The summed E-state index contributed by atoms with van der Waals surface area (Å²) in [6, 6.07) is 67.5. The van der Waals surface area contributed by atoms with E-state index in [0.717, 1.165) is 50.1 Å². The Hall–Kier alpha value is -5.32. The number of fused-ring (bicyclic) bond motifs is 6. The number of hydrogen-bond acceptors (Lipinski definition) is 3. The van der Waals surface area contributed by atoms with Crippen LogP contribution in [0.5, 0.6) is 11.5 Å². The maximum atomic E-state index is 6.80. The number of benzene rings is 8. The predicted octanol–water partition coefficient (Wildman–Crippen LogP) is 13.9. The van der Waals surface area contributed by atoms with Gasteiger partial charge in [0.1, 0.15) is 0 Å². The first-order valence-electron chi connectivity index (χ1n) is 17.8. The Bertz CT molecular complexity index is 2780. The van der Waals surface area contributed by atoms with Crippen molar-refractivity contribution in [2.45, 2.75) is 0 Å². The van der Waals surface area contributed by atoms with Gasteiger partial charge in [0.05, 0.1) is 0 Å². The van der Waals surface area contributed by atoms with Gasteiger partial charge in [-0.25, -0.2) is 0 Å². The minimum absolute atomic E-state index is 0.233. The fourth-order valence-electron chi connectivity index (χ4n) is 7.44. The van der Waals surface area contributed by atoms with Crippen molar-refractivity contribution in [3.63, 3.8) is 0 Å². The third-order valence-electron chi connectivity index (χ3n) is 9.70. The molecule has 10 aromatic rings. The quantitative estimate of drug-likeness (QED) is 0.141. The molecule has 0 aliphatic carbocycles. The number of halogens is 1. The van der Waals surface area contributed by atoms with E-state index in [1.807, 2.05) is 24.3 Å². The standard InChI is InChI=1S/C48H31BrN2OSe2/c49-32-14-11-19-37(28-32)52-38-30-35(50(33-15-3-1-4-16-33)41-22-12-26-45-47(41)39-20-7-9-24-43(39)53-45)29-36(31-38)51(34-17-5-2-6-18-34)42-23-13-27-46-48(42)40-21-8-10-25-44(40)54-46/h1-31H. The second-order valence-corrected chi connectivity index (χ2v) is 18.5. The van der Waals surface area contributed by atoms with Gasteiger partial charge in [0, 0.05) is 0 Å². The minimum atomic E-state index is 0.233. The van der Waals surface area contributed by atoms with E-state index < -0.39 is 0 Å². The zero-order valence-corrected chi connectivity index (χ0v) is 33.9. The zero-order valence-electron chi connectivity index (χ0n) is 28.9. The molecule has 0 amide bonds. The van der Waals surface area contributed by atoms with Crippen LogP contribution in [-0.4, -0.2) is 29.0 Å². The van der Waals surface area contributed by atoms with Crippen molar-refractivity contribution in [3.8, 4) is 11.5 Å². The van der Waals surface area contributed by atoms with Gasteiger partial charge in [-0.15, -0.1) is 0 Å². The SMILES string of the molecule is Brc1cccc(Oc2cc(N(c3ccccc3)c3cccc4[se]c5ccccc5c34)cc(N(c3ccccc3)c3cccc4[se]c5ccccc5c34)c2)c1. The van der Waals surface area contributed by atoms with Gasteiger partial charge in [0.25, 0.3) is 0 Å². The van der Waals surface area contributed by atoms with Crippen LogP contribution >= 0.6 is 15.9 Å². The summed E-state index contributed by atoms with van der Waals surface area (Å²) in [5, 5.41) is 5.24. The van der Waals surface area contributed by atoms with Crippen molar-refractivity contribution in [1.82, 2.24) is 0 Å². The van der Waals surface area contributed by atoms with Crippen molar-refractivity contribution in [1.29, 1.82) is 0 Å². The first-order chi connectivity index (χ1) is 26.7. The van der Waals surface area contributed by atoms with Crippen LogP contribution in [-0.2, 0) is 0 Å². The first-order valence-corrected chi connectivity index (χ1v) is 22.0. The second kappa shape index (κ2) is 14.2. The van der Waals surface area contributed by atoms with Crippen LogP contribution in [0.15, 0.2) is 193 Å². The molecular weight excluding hydrogens is 858 g/mol. The molecule has 0 atom stereocenters. The van der Waals surface area contributed by atoms with Crippen LogP contribution in [0, 0.1) is 0 Å². The zero-order chi connectivity index (χ0) is 36.0. The fourth-order valence-corrected chi connectivity index (χ4v) is 12.6. The number of anilines is 6. The summed E-state index contributed by atoms with van der Waals surface area (Å²) >= 11 is 4.13. The van der Waals surface area contributed by atoms with Crippen molar-refractivity contribution in [3.05, 3.63) is 193 Å². The number of rotatable bonds is 8. The monoisotopic (exact) mass is 890 g/mol. The van der Waals surface area contributed by atoms with Gasteiger partial charge in [-0.2, -0.15) is 0 Å². The molecular formula is C48H31BrN2OSe2. The van der Waals surface area contributed by atoms with Crippen molar-refractivity contribution in [2.75, 3.05) is 9.80 Å². The molecule has 10 rings (SSSR count). The summed E-state index contributed by atoms with van der Waals surface area (Å²) in [5.74, 6) is 1.51. The Balaban J connectivity index is 1.27. The van der Waals surface area contributed by atoms with Gasteiger partial charge in [0.15, 0.2) is 0 Å². The molecule has 258 valence electrons. The molecule has 2 aromatic heterocycles. The van der Waals surface area contributed by atoms with Crippen molar-refractivity contribution >= 4 is 118 Å². The van der Waals surface area contributed by atoms with Crippen LogP contribution < -0.4 is 14.5 Å². The van der Waals surface area contributed by atoms with Gasteiger partial charge in [-0.3, -0.25) is 0 Å². The van der Waals surface area contributed by atoms with E-state index in [0.29, 0.717) is 0 Å². The fraction of sp³-hybridized carbons (Fsp3) is 0. The molecule has 0 saturated carbocycles. The van der Waals surface area contributed by atoms with Crippen molar-refractivity contribution < 1.29 is 4.74 Å². The van der Waals surface area contributed by atoms with Crippen molar-refractivity contribution in [2.24, 2.45) is 0 Å². The van der Waals surface area contributed by atoms with E-state index in [2.05, 4.69) is 190 Å². The van der Waals surface area contributed by atoms with E-state index >= 15 is 0 Å². The molecule has 8 aromatic carbocycles.